The summed E-state index contributed by atoms with van der Waals surface area (Å²) in [5, 5.41) is 0. The first-order chi connectivity index (χ1) is 5.08. The van der Waals surface area contributed by atoms with Crippen LogP contribution in [-0.2, 0) is 9.73 Å². The molecule has 1 heterocycles. The van der Waals surface area contributed by atoms with Gasteiger partial charge in [-0.05, 0) is 12.1 Å². The van der Waals surface area contributed by atoms with Crippen LogP contribution >= 0.6 is 12.4 Å². The zero-order chi connectivity index (χ0) is 8.32. The number of aromatic nitrogens is 1. The van der Waals surface area contributed by atoms with Crippen LogP contribution in [0.3, 0.4) is 0 Å². The van der Waals surface area contributed by atoms with Crippen molar-refractivity contribution in [1.29, 1.82) is 0 Å². The van der Waals surface area contributed by atoms with Crippen LogP contribution < -0.4 is 0 Å². The summed E-state index contributed by atoms with van der Waals surface area (Å²) in [5.41, 5.74) is 0.718. The van der Waals surface area contributed by atoms with Gasteiger partial charge in [-0.15, -0.1) is 12.4 Å². The Kier molecular flexibility index (Phi) is 4.20. The molecule has 1 aromatic heterocycles. The van der Waals surface area contributed by atoms with Gasteiger partial charge in [0.05, 0.1) is 5.69 Å². The van der Waals surface area contributed by atoms with Crippen molar-refractivity contribution in [2.45, 2.75) is 0 Å². The van der Waals surface area contributed by atoms with Crippen molar-refractivity contribution in [3.05, 3.63) is 24.5 Å². The third-order valence-corrected chi connectivity index (χ3v) is 1.64. The van der Waals surface area contributed by atoms with Crippen molar-refractivity contribution in [2.75, 3.05) is 12.5 Å². The standard InChI is InChI=1S/C7H10N2OS.ClH/c1-11(2,10)9-7-3-5-8-6-4-7;/h3-6H,1-2H3;1H. The maximum Gasteiger partial charge on any atom is 0.0760 e. The molecule has 0 saturated carbocycles. The summed E-state index contributed by atoms with van der Waals surface area (Å²) in [6, 6.07) is 3.46. The van der Waals surface area contributed by atoms with Crippen LogP contribution in [0.15, 0.2) is 28.9 Å². The van der Waals surface area contributed by atoms with E-state index < -0.39 is 9.73 Å². The van der Waals surface area contributed by atoms with E-state index in [-0.39, 0.29) is 12.4 Å². The summed E-state index contributed by atoms with van der Waals surface area (Å²) in [4.78, 5) is 3.82. The first-order valence-corrected chi connectivity index (χ1v) is 5.48. The summed E-state index contributed by atoms with van der Waals surface area (Å²) in [7, 11) is -2.03. The quantitative estimate of drug-likeness (QED) is 0.704. The Labute approximate surface area is 78.8 Å². The molecule has 0 fully saturated rings. The third kappa shape index (κ3) is 4.31. The summed E-state index contributed by atoms with van der Waals surface area (Å²) in [6.07, 6.45) is 6.47. The van der Waals surface area contributed by atoms with E-state index in [1.54, 1.807) is 37.0 Å². The minimum atomic E-state index is -2.03. The molecule has 5 heteroatoms. The van der Waals surface area contributed by atoms with Crippen LogP contribution in [0.5, 0.6) is 0 Å². The minimum Gasteiger partial charge on any atom is -0.265 e. The average Bonchev–Trinajstić information content (AvgIpc) is 1.85. The molecule has 0 atom stereocenters. The molecular formula is C7H11ClN2OS. The highest BCUT2D eigenvalue weighted by Gasteiger charge is 1.90. The monoisotopic (exact) mass is 206 g/mol. The third-order valence-electron chi connectivity index (χ3n) is 0.988. The molecular weight excluding hydrogens is 196 g/mol. The van der Waals surface area contributed by atoms with Crippen molar-refractivity contribution in [3.8, 4) is 0 Å². The molecule has 0 amide bonds. The van der Waals surface area contributed by atoms with E-state index in [4.69, 9.17) is 0 Å². The highest BCUT2D eigenvalue weighted by Crippen LogP contribution is 2.10. The number of nitrogens with zero attached hydrogens (tertiary/aromatic N) is 2. The fraction of sp³-hybridized carbons (Fsp3) is 0.286. The fourth-order valence-electron chi connectivity index (χ4n) is 0.659. The molecule has 1 aromatic rings. The zero-order valence-electron chi connectivity index (χ0n) is 6.93. The Morgan fingerprint density at radius 2 is 1.83 bits per heavy atom. The largest absolute Gasteiger partial charge is 0.265 e. The molecule has 1 rings (SSSR count). The smallest absolute Gasteiger partial charge is 0.0760 e. The lowest BCUT2D eigenvalue weighted by atomic mass is 10.4. The van der Waals surface area contributed by atoms with E-state index in [2.05, 4.69) is 9.35 Å². The lowest BCUT2D eigenvalue weighted by Crippen LogP contribution is -1.88. The van der Waals surface area contributed by atoms with Crippen molar-refractivity contribution in [1.82, 2.24) is 4.98 Å². The van der Waals surface area contributed by atoms with Gasteiger partial charge >= 0.3 is 0 Å². The van der Waals surface area contributed by atoms with Crippen molar-refractivity contribution < 1.29 is 4.21 Å². The van der Waals surface area contributed by atoms with Gasteiger partial charge in [0.1, 0.15) is 0 Å². The number of rotatable bonds is 1. The second kappa shape index (κ2) is 4.42. The number of halogens is 1. The highest BCUT2D eigenvalue weighted by molar-refractivity contribution is 7.92. The van der Waals surface area contributed by atoms with Gasteiger partial charge in [0.2, 0.25) is 0 Å². The van der Waals surface area contributed by atoms with Gasteiger partial charge in [-0.25, -0.2) is 4.21 Å². The van der Waals surface area contributed by atoms with E-state index in [0.717, 1.165) is 5.69 Å². The SMILES string of the molecule is CS(C)(=O)=Nc1ccncc1.Cl. The Balaban J connectivity index is 0.00000121. The van der Waals surface area contributed by atoms with Gasteiger partial charge in [-0.1, -0.05) is 0 Å². The van der Waals surface area contributed by atoms with Crippen molar-refractivity contribution >= 4 is 27.8 Å². The highest BCUT2D eigenvalue weighted by atomic mass is 35.5. The molecule has 0 aliphatic heterocycles. The fourth-order valence-corrected chi connectivity index (χ4v) is 1.29. The molecule has 0 spiro atoms. The zero-order valence-corrected chi connectivity index (χ0v) is 8.56. The Morgan fingerprint density at radius 3 is 2.25 bits per heavy atom. The summed E-state index contributed by atoms with van der Waals surface area (Å²) >= 11 is 0. The number of hydrogen-bond donors (Lipinski definition) is 0. The lowest BCUT2D eigenvalue weighted by Gasteiger charge is -1.93. The van der Waals surface area contributed by atoms with E-state index in [9.17, 15) is 4.21 Å². The van der Waals surface area contributed by atoms with Gasteiger partial charge in [0, 0.05) is 34.6 Å². The van der Waals surface area contributed by atoms with E-state index in [1.807, 2.05) is 0 Å². The molecule has 0 radical (unpaired) electrons. The average molecular weight is 207 g/mol. The first kappa shape index (κ1) is 11.4. The molecule has 0 N–H and O–H groups in total. The molecule has 12 heavy (non-hydrogen) atoms. The van der Waals surface area contributed by atoms with Gasteiger partial charge in [0.25, 0.3) is 0 Å². The topological polar surface area (TPSA) is 42.3 Å². The maximum absolute atomic E-state index is 11.2. The lowest BCUT2D eigenvalue weighted by molar-refractivity contribution is 0.684. The second-order valence-electron chi connectivity index (χ2n) is 2.48. The summed E-state index contributed by atoms with van der Waals surface area (Å²) in [6.45, 7) is 0. The van der Waals surface area contributed by atoms with Crippen LogP contribution in [0, 0.1) is 0 Å². The molecule has 0 aliphatic carbocycles. The van der Waals surface area contributed by atoms with Crippen molar-refractivity contribution in [3.63, 3.8) is 0 Å². The van der Waals surface area contributed by atoms with E-state index in [1.165, 1.54) is 0 Å². The molecule has 0 saturated heterocycles. The maximum atomic E-state index is 11.2. The van der Waals surface area contributed by atoms with Crippen LogP contribution in [0.2, 0.25) is 0 Å². The van der Waals surface area contributed by atoms with Gasteiger partial charge < -0.3 is 0 Å². The number of hydrogen-bond acceptors (Lipinski definition) is 3. The van der Waals surface area contributed by atoms with E-state index >= 15 is 0 Å². The van der Waals surface area contributed by atoms with Gasteiger partial charge in [-0.2, -0.15) is 4.36 Å². The minimum absolute atomic E-state index is 0. The Bertz CT molecular complexity index is 336. The van der Waals surface area contributed by atoms with Crippen LogP contribution in [0.4, 0.5) is 5.69 Å². The summed E-state index contributed by atoms with van der Waals surface area (Å²) < 4.78 is 15.1. The molecule has 3 nitrogen and oxygen atoms in total. The van der Waals surface area contributed by atoms with Crippen molar-refractivity contribution in [2.24, 2.45) is 4.36 Å². The second-order valence-corrected chi connectivity index (χ2v) is 5.02. The van der Waals surface area contributed by atoms with Gasteiger partial charge in [-0.3, -0.25) is 4.98 Å². The van der Waals surface area contributed by atoms with E-state index in [0.29, 0.717) is 0 Å². The molecule has 0 aliphatic rings. The summed E-state index contributed by atoms with van der Waals surface area (Å²) in [5.74, 6) is 0. The predicted molar refractivity (Wildman–Crippen MR) is 53.6 cm³/mol. The Hall–Kier alpha value is -0.610. The van der Waals surface area contributed by atoms with Crippen LogP contribution in [-0.4, -0.2) is 21.7 Å². The molecule has 0 aromatic carbocycles. The molecule has 0 unspecified atom stereocenters. The predicted octanol–water partition coefficient (Wildman–Crippen LogP) is 1.86. The Morgan fingerprint density at radius 1 is 1.33 bits per heavy atom. The molecule has 68 valence electrons. The van der Waals surface area contributed by atoms with Crippen LogP contribution in [0.25, 0.3) is 0 Å². The normalized spacial score (nSPS) is 10.2. The van der Waals surface area contributed by atoms with Gasteiger partial charge in [0.15, 0.2) is 0 Å². The molecule has 0 bridgehead atoms. The number of pyridine rings is 1. The first-order valence-electron chi connectivity index (χ1n) is 3.15. The van der Waals surface area contributed by atoms with Crippen LogP contribution in [0.1, 0.15) is 0 Å².